The lowest BCUT2D eigenvalue weighted by Crippen LogP contribution is -2.03. The van der Waals surface area contributed by atoms with Crippen LogP contribution in [0.4, 0.5) is 0 Å². The number of ether oxygens (including phenoxy) is 1. The first-order valence-corrected chi connectivity index (χ1v) is 3.54. The Morgan fingerprint density at radius 1 is 1.67 bits per heavy atom. The highest BCUT2D eigenvalue weighted by Gasteiger charge is 2.48. The van der Waals surface area contributed by atoms with Crippen molar-refractivity contribution in [3.63, 3.8) is 0 Å². The van der Waals surface area contributed by atoms with Crippen molar-refractivity contribution in [1.29, 1.82) is 0 Å². The molecule has 9 heavy (non-hydrogen) atoms. The fourth-order valence-electron chi connectivity index (χ4n) is 1.24. The summed E-state index contributed by atoms with van der Waals surface area (Å²) < 4.78 is 5.41. The van der Waals surface area contributed by atoms with Gasteiger partial charge in [0.1, 0.15) is 5.60 Å². The van der Waals surface area contributed by atoms with Crippen LogP contribution in [0, 0.1) is 0 Å². The van der Waals surface area contributed by atoms with Crippen LogP contribution in [-0.2, 0) is 4.74 Å². The Balaban J connectivity index is 2.42. The van der Waals surface area contributed by atoms with Crippen LogP contribution in [0.15, 0.2) is 12.2 Å². The molecule has 0 aromatic rings. The van der Waals surface area contributed by atoms with Crippen molar-refractivity contribution in [3.05, 3.63) is 12.2 Å². The van der Waals surface area contributed by atoms with Crippen LogP contribution in [-0.4, -0.2) is 11.7 Å². The number of hydrogen-bond acceptors (Lipinski definition) is 1. The molecule has 0 bridgehead atoms. The first-order chi connectivity index (χ1) is 4.23. The lowest BCUT2D eigenvalue weighted by Gasteiger charge is -1.93. The van der Waals surface area contributed by atoms with Crippen LogP contribution in [0.3, 0.4) is 0 Å². The zero-order valence-electron chi connectivity index (χ0n) is 6.35. The molecule has 0 spiro atoms. The molecule has 0 aromatic carbocycles. The summed E-state index contributed by atoms with van der Waals surface area (Å²) in [4.78, 5) is 0. The standard InChI is InChI=1S/C8H14O/c1-4-6-8(3)7(5-2)9-8/h4,6-7H,5H2,1-3H3/b6-4+/t7-,8-/m1/s1. The van der Waals surface area contributed by atoms with E-state index in [1.54, 1.807) is 0 Å². The summed E-state index contributed by atoms with van der Waals surface area (Å²) >= 11 is 0. The highest BCUT2D eigenvalue weighted by atomic mass is 16.6. The fraction of sp³-hybridized carbons (Fsp3) is 0.750. The second-order valence-corrected chi connectivity index (χ2v) is 2.70. The van der Waals surface area contributed by atoms with Crippen molar-refractivity contribution in [2.24, 2.45) is 0 Å². The van der Waals surface area contributed by atoms with Gasteiger partial charge in [0.25, 0.3) is 0 Å². The molecule has 0 unspecified atom stereocenters. The topological polar surface area (TPSA) is 12.5 Å². The average molecular weight is 126 g/mol. The summed E-state index contributed by atoms with van der Waals surface area (Å²) in [6.45, 7) is 6.31. The van der Waals surface area contributed by atoms with E-state index in [0.29, 0.717) is 6.10 Å². The molecular formula is C8H14O. The molecule has 0 N–H and O–H groups in total. The lowest BCUT2D eigenvalue weighted by molar-refractivity contribution is 0.340. The molecule has 0 aliphatic carbocycles. The van der Waals surface area contributed by atoms with Crippen molar-refractivity contribution in [2.45, 2.75) is 38.9 Å². The summed E-state index contributed by atoms with van der Waals surface area (Å²) in [6.07, 6.45) is 5.78. The SMILES string of the molecule is C/C=C/[C@@]1(C)O[C@@H]1CC. The Kier molecular flexibility index (Phi) is 1.62. The van der Waals surface area contributed by atoms with Gasteiger partial charge in [0.2, 0.25) is 0 Å². The van der Waals surface area contributed by atoms with E-state index < -0.39 is 0 Å². The van der Waals surface area contributed by atoms with Crippen LogP contribution in [0.1, 0.15) is 27.2 Å². The van der Waals surface area contributed by atoms with E-state index in [4.69, 9.17) is 4.74 Å². The van der Waals surface area contributed by atoms with Gasteiger partial charge in [-0.25, -0.2) is 0 Å². The number of epoxide rings is 1. The minimum Gasteiger partial charge on any atom is -0.362 e. The molecule has 0 radical (unpaired) electrons. The zero-order valence-corrected chi connectivity index (χ0v) is 6.35. The van der Waals surface area contributed by atoms with Crippen LogP contribution in [0.5, 0.6) is 0 Å². The van der Waals surface area contributed by atoms with E-state index in [2.05, 4.69) is 26.0 Å². The maximum absolute atomic E-state index is 5.41. The molecule has 1 fully saturated rings. The van der Waals surface area contributed by atoms with E-state index in [0.717, 1.165) is 6.42 Å². The van der Waals surface area contributed by atoms with Crippen molar-refractivity contribution >= 4 is 0 Å². The lowest BCUT2D eigenvalue weighted by atomic mass is 10.1. The van der Waals surface area contributed by atoms with Crippen LogP contribution in [0.2, 0.25) is 0 Å². The van der Waals surface area contributed by atoms with E-state index in [1.165, 1.54) is 0 Å². The predicted octanol–water partition coefficient (Wildman–Crippen LogP) is 2.13. The van der Waals surface area contributed by atoms with E-state index >= 15 is 0 Å². The molecule has 1 heterocycles. The molecule has 1 aliphatic heterocycles. The van der Waals surface area contributed by atoms with Crippen molar-refractivity contribution in [1.82, 2.24) is 0 Å². The summed E-state index contributed by atoms with van der Waals surface area (Å²) in [6, 6.07) is 0. The Bertz CT molecular complexity index is 129. The maximum atomic E-state index is 5.41. The predicted molar refractivity (Wildman–Crippen MR) is 38.4 cm³/mol. The minimum absolute atomic E-state index is 0.0868. The first-order valence-electron chi connectivity index (χ1n) is 3.54. The summed E-state index contributed by atoms with van der Waals surface area (Å²) in [5.74, 6) is 0. The van der Waals surface area contributed by atoms with Crippen LogP contribution >= 0.6 is 0 Å². The second-order valence-electron chi connectivity index (χ2n) is 2.70. The molecule has 1 rings (SSSR count). The Morgan fingerprint density at radius 2 is 2.33 bits per heavy atom. The van der Waals surface area contributed by atoms with Gasteiger partial charge in [-0.1, -0.05) is 19.1 Å². The van der Waals surface area contributed by atoms with E-state index in [9.17, 15) is 0 Å². The summed E-state index contributed by atoms with van der Waals surface area (Å²) in [7, 11) is 0. The molecule has 52 valence electrons. The largest absolute Gasteiger partial charge is 0.362 e. The molecule has 0 amide bonds. The van der Waals surface area contributed by atoms with Gasteiger partial charge in [0.15, 0.2) is 0 Å². The smallest absolute Gasteiger partial charge is 0.110 e. The molecule has 1 saturated heterocycles. The summed E-state index contributed by atoms with van der Waals surface area (Å²) in [5, 5.41) is 0. The highest BCUT2D eigenvalue weighted by Crippen LogP contribution is 2.39. The van der Waals surface area contributed by atoms with Gasteiger partial charge < -0.3 is 4.74 Å². The van der Waals surface area contributed by atoms with E-state index in [-0.39, 0.29) is 5.60 Å². The van der Waals surface area contributed by atoms with Crippen LogP contribution in [0.25, 0.3) is 0 Å². The monoisotopic (exact) mass is 126 g/mol. The van der Waals surface area contributed by atoms with Gasteiger partial charge in [0, 0.05) is 0 Å². The van der Waals surface area contributed by atoms with Gasteiger partial charge in [-0.05, 0) is 20.3 Å². The normalized spacial score (nSPS) is 41.9. The van der Waals surface area contributed by atoms with Crippen molar-refractivity contribution < 1.29 is 4.74 Å². The third-order valence-electron chi connectivity index (χ3n) is 1.85. The third-order valence-corrected chi connectivity index (χ3v) is 1.85. The highest BCUT2D eigenvalue weighted by molar-refractivity contribution is 5.12. The van der Waals surface area contributed by atoms with Crippen LogP contribution < -0.4 is 0 Å². The average Bonchev–Trinajstić information content (AvgIpc) is 2.43. The van der Waals surface area contributed by atoms with Gasteiger partial charge >= 0.3 is 0 Å². The maximum Gasteiger partial charge on any atom is 0.110 e. The molecule has 2 atom stereocenters. The Labute approximate surface area is 56.7 Å². The molecule has 1 nitrogen and oxygen atoms in total. The quantitative estimate of drug-likeness (QED) is 0.408. The Hall–Kier alpha value is -0.300. The number of hydrogen-bond donors (Lipinski definition) is 0. The van der Waals surface area contributed by atoms with E-state index in [1.807, 2.05) is 6.92 Å². The number of rotatable bonds is 2. The molecule has 0 aromatic heterocycles. The first kappa shape index (κ1) is 6.81. The molecule has 1 heteroatoms. The van der Waals surface area contributed by atoms with Crippen molar-refractivity contribution in [2.75, 3.05) is 0 Å². The van der Waals surface area contributed by atoms with Gasteiger partial charge in [0.05, 0.1) is 6.10 Å². The minimum atomic E-state index is 0.0868. The molecule has 0 saturated carbocycles. The fourth-order valence-corrected chi connectivity index (χ4v) is 1.24. The number of allylic oxidation sites excluding steroid dienone is 1. The van der Waals surface area contributed by atoms with Gasteiger partial charge in [-0.3, -0.25) is 0 Å². The molecule has 1 aliphatic rings. The Morgan fingerprint density at radius 3 is 2.67 bits per heavy atom. The van der Waals surface area contributed by atoms with Gasteiger partial charge in [-0.15, -0.1) is 0 Å². The third kappa shape index (κ3) is 1.16. The zero-order chi connectivity index (χ0) is 6.91. The van der Waals surface area contributed by atoms with Gasteiger partial charge in [-0.2, -0.15) is 0 Å². The van der Waals surface area contributed by atoms with Crippen molar-refractivity contribution in [3.8, 4) is 0 Å². The second kappa shape index (κ2) is 2.14. The summed E-state index contributed by atoms with van der Waals surface area (Å²) in [5.41, 5.74) is 0.0868. The molecular weight excluding hydrogens is 112 g/mol.